The molecule has 0 atom stereocenters. The van der Waals surface area contributed by atoms with Gasteiger partial charge >= 0.3 is 0 Å². The lowest BCUT2D eigenvalue weighted by molar-refractivity contribution is -0.118. The molecule has 4 aromatic rings. The second-order valence-electron chi connectivity index (χ2n) is 7.26. The first-order valence-electron chi connectivity index (χ1n) is 10.4. The maximum Gasteiger partial charge on any atom is 0.250 e. The van der Waals surface area contributed by atoms with E-state index in [-0.39, 0.29) is 11.7 Å². The zero-order valence-corrected chi connectivity index (χ0v) is 20.3. The highest BCUT2D eigenvalue weighted by molar-refractivity contribution is 7.99. The van der Waals surface area contributed by atoms with Crippen LogP contribution in [-0.4, -0.2) is 41.6 Å². The molecule has 34 heavy (non-hydrogen) atoms. The normalized spacial score (nSPS) is 11.1. The van der Waals surface area contributed by atoms with Crippen LogP contribution in [0.1, 0.15) is 11.1 Å². The fourth-order valence-corrected chi connectivity index (χ4v) is 4.39. The second-order valence-corrected chi connectivity index (χ2v) is 8.61. The minimum atomic E-state index is -0.238. The van der Waals surface area contributed by atoms with E-state index in [4.69, 9.17) is 26.1 Å². The third-order valence-corrected chi connectivity index (χ3v) is 6.39. The second kappa shape index (κ2) is 11.1. The van der Waals surface area contributed by atoms with Crippen molar-refractivity contribution >= 4 is 46.5 Å². The molecule has 0 spiro atoms. The average Bonchev–Trinajstić information content (AvgIpc) is 3.21. The highest BCUT2D eigenvalue weighted by Crippen LogP contribution is 2.28. The first-order valence-corrected chi connectivity index (χ1v) is 11.8. The van der Waals surface area contributed by atoms with Crippen molar-refractivity contribution in [2.24, 2.45) is 5.10 Å². The Labute approximate surface area is 206 Å². The zero-order valence-electron chi connectivity index (χ0n) is 18.7. The van der Waals surface area contributed by atoms with Gasteiger partial charge in [-0.25, -0.2) is 10.4 Å². The van der Waals surface area contributed by atoms with E-state index >= 15 is 0 Å². The summed E-state index contributed by atoms with van der Waals surface area (Å²) in [7, 11) is 3.14. The van der Waals surface area contributed by atoms with Crippen LogP contribution in [0.4, 0.5) is 0 Å². The number of aromatic nitrogens is 2. The van der Waals surface area contributed by atoms with Gasteiger partial charge in [-0.15, -0.1) is 0 Å². The number of methoxy groups -OCH3 is 2. The van der Waals surface area contributed by atoms with Crippen LogP contribution in [0.3, 0.4) is 0 Å². The molecule has 174 valence electrons. The number of imidazole rings is 1. The lowest BCUT2D eigenvalue weighted by Crippen LogP contribution is -2.20. The molecule has 4 rings (SSSR count). The summed E-state index contributed by atoms with van der Waals surface area (Å²) in [5, 5.41) is 5.48. The fraction of sp³-hybridized carbons (Fsp3) is 0.160. The van der Waals surface area contributed by atoms with E-state index in [0.717, 1.165) is 27.3 Å². The highest BCUT2D eigenvalue weighted by atomic mass is 35.5. The van der Waals surface area contributed by atoms with Gasteiger partial charge in [-0.05, 0) is 47.5 Å². The van der Waals surface area contributed by atoms with E-state index in [9.17, 15) is 4.79 Å². The van der Waals surface area contributed by atoms with E-state index in [2.05, 4.69) is 15.1 Å². The minimum Gasteiger partial charge on any atom is -0.493 e. The van der Waals surface area contributed by atoms with E-state index < -0.39 is 0 Å². The van der Waals surface area contributed by atoms with Gasteiger partial charge in [-0.2, -0.15) is 5.10 Å². The van der Waals surface area contributed by atoms with Gasteiger partial charge in [0.1, 0.15) is 0 Å². The summed E-state index contributed by atoms with van der Waals surface area (Å²) in [6, 6.07) is 21.0. The number of nitrogens with one attached hydrogen (secondary N) is 1. The molecule has 1 N–H and O–H groups in total. The smallest absolute Gasteiger partial charge is 0.250 e. The maximum atomic E-state index is 12.4. The molecule has 3 aromatic carbocycles. The molecular formula is C25H23ClN4O3S. The number of nitrogens with zero attached hydrogens (tertiary/aromatic N) is 3. The number of ether oxygens (including phenoxy) is 2. The van der Waals surface area contributed by atoms with E-state index in [0.29, 0.717) is 23.1 Å². The van der Waals surface area contributed by atoms with Gasteiger partial charge in [0.15, 0.2) is 16.7 Å². The maximum absolute atomic E-state index is 12.4. The van der Waals surface area contributed by atoms with Gasteiger partial charge < -0.3 is 14.0 Å². The number of benzene rings is 3. The number of rotatable bonds is 9. The first-order chi connectivity index (χ1) is 16.6. The number of hydrogen-bond acceptors (Lipinski definition) is 6. The van der Waals surface area contributed by atoms with Gasteiger partial charge in [-0.1, -0.05) is 53.7 Å². The highest BCUT2D eigenvalue weighted by Gasteiger charge is 2.14. The average molecular weight is 495 g/mol. The van der Waals surface area contributed by atoms with Crippen LogP contribution in [0.2, 0.25) is 5.02 Å². The lowest BCUT2D eigenvalue weighted by Gasteiger charge is -2.10. The number of halogens is 1. The molecule has 0 aliphatic heterocycles. The molecule has 0 saturated carbocycles. The van der Waals surface area contributed by atoms with Crippen LogP contribution in [0, 0.1) is 0 Å². The largest absolute Gasteiger partial charge is 0.493 e. The van der Waals surface area contributed by atoms with Crippen molar-refractivity contribution in [1.29, 1.82) is 0 Å². The van der Waals surface area contributed by atoms with Crippen LogP contribution in [0.5, 0.6) is 11.5 Å². The number of thioether (sulfide) groups is 1. The standard InChI is InChI=1S/C25H23ClN4O3S/c1-32-22-12-11-17(13-23(22)33-2)14-27-29-24(31)16-34-25-28-20-9-5-6-10-21(20)30(25)15-18-7-3-4-8-19(18)26/h3-14H,15-16H2,1-2H3,(H,29,31). The topological polar surface area (TPSA) is 77.7 Å². The van der Waals surface area contributed by atoms with Crippen molar-refractivity contribution < 1.29 is 14.3 Å². The molecular weight excluding hydrogens is 472 g/mol. The number of carbonyl (C=O) groups excluding carboxylic acids is 1. The van der Waals surface area contributed by atoms with Crippen LogP contribution < -0.4 is 14.9 Å². The Morgan fingerprint density at radius 3 is 2.65 bits per heavy atom. The molecule has 0 radical (unpaired) electrons. The SMILES string of the molecule is COc1ccc(C=NNC(=O)CSc2nc3ccccc3n2Cc2ccccc2Cl)cc1OC. The number of fused-ring (bicyclic) bond motifs is 1. The molecule has 1 heterocycles. The van der Waals surface area contributed by atoms with Gasteiger partial charge in [-0.3, -0.25) is 4.79 Å². The van der Waals surface area contributed by atoms with Crippen molar-refractivity contribution in [2.45, 2.75) is 11.7 Å². The molecule has 0 unspecified atom stereocenters. The monoisotopic (exact) mass is 494 g/mol. The molecule has 0 bridgehead atoms. The summed E-state index contributed by atoms with van der Waals surface area (Å²) in [5.41, 5.74) is 6.16. The van der Waals surface area contributed by atoms with E-state index in [1.165, 1.54) is 11.8 Å². The van der Waals surface area contributed by atoms with Crippen LogP contribution in [0.15, 0.2) is 77.0 Å². The summed E-state index contributed by atoms with van der Waals surface area (Å²) >= 11 is 7.73. The van der Waals surface area contributed by atoms with E-state index in [1.54, 1.807) is 32.6 Å². The third-order valence-electron chi connectivity index (χ3n) is 5.05. The predicted octanol–water partition coefficient (Wildman–Crippen LogP) is 5.00. The quantitative estimate of drug-likeness (QED) is 0.201. The summed E-state index contributed by atoms with van der Waals surface area (Å²) in [4.78, 5) is 17.1. The van der Waals surface area contributed by atoms with Gasteiger partial charge in [0, 0.05) is 5.02 Å². The Kier molecular flexibility index (Phi) is 7.72. The summed E-state index contributed by atoms with van der Waals surface area (Å²) < 4.78 is 12.6. The van der Waals surface area contributed by atoms with Crippen molar-refractivity contribution in [1.82, 2.24) is 15.0 Å². The Morgan fingerprint density at radius 2 is 1.85 bits per heavy atom. The molecule has 0 saturated heterocycles. The van der Waals surface area contributed by atoms with Crippen molar-refractivity contribution in [3.05, 3.63) is 82.9 Å². The van der Waals surface area contributed by atoms with Gasteiger partial charge in [0.05, 0.1) is 43.8 Å². The van der Waals surface area contributed by atoms with Gasteiger partial charge in [0.2, 0.25) is 0 Å². The van der Waals surface area contributed by atoms with Crippen molar-refractivity contribution in [2.75, 3.05) is 20.0 Å². The molecule has 0 aliphatic rings. The van der Waals surface area contributed by atoms with E-state index in [1.807, 2.05) is 54.6 Å². The lowest BCUT2D eigenvalue weighted by atomic mass is 10.2. The van der Waals surface area contributed by atoms with Crippen molar-refractivity contribution in [3.8, 4) is 11.5 Å². The summed E-state index contributed by atoms with van der Waals surface area (Å²) in [5.74, 6) is 1.14. The summed E-state index contributed by atoms with van der Waals surface area (Å²) in [6.45, 7) is 0.557. The molecule has 0 fully saturated rings. The van der Waals surface area contributed by atoms with Crippen LogP contribution in [0.25, 0.3) is 11.0 Å². The number of hydrazone groups is 1. The Balaban J connectivity index is 1.43. The third kappa shape index (κ3) is 5.52. The van der Waals surface area contributed by atoms with Crippen molar-refractivity contribution in [3.63, 3.8) is 0 Å². The Bertz CT molecular complexity index is 1340. The number of para-hydroxylation sites is 2. The molecule has 0 aliphatic carbocycles. The van der Waals surface area contributed by atoms with Crippen LogP contribution in [-0.2, 0) is 11.3 Å². The number of hydrogen-bond donors (Lipinski definition) is 1. The van der Waals surface area contributed by atoms with Crippen LogP contribution >= 0.6 is 23.4 Å². The first kappa shape index (κ1) is 23.7. The van der Waals surface area contributed by atoms with Gasteiger partial charge in [0.25, 0.3) is 5.91 Å². The summed E-state index contributed by atoms with van der Waals surface area (Å²) in [6.07, 6.45) is 1.55. The Hall–Kier alpha value is -3.49. The minimum absolute atomic E-state index is 0.162. The molecule has 7 nitrogen and oxygen atoms in total. The zero-order chi connectivity index (χ0) is 23.9. The Morgan fingerprint density at radius 1 is 1.09 bits per heavy atom. The number of amides is 1. The number of carbonyl (C=O) groups is 1. The molecule has 1 amide bonds. The molecule has 1 aromatic heterocycles. The fourth-order valence-electron chi connectivity index (χ4n) is 3.39. The molecule has 9 heteroatoms. The predicted molar refractivity (Wildman–Crippen MR) is 136 cm³/mol.